The van der Waals surface area contributed by atoms with Crippen molar-refractivity contribution in [2.24, 2.45) is 0 Å². The van der Waals surface area contributed by atoms with Gasteiger partial charge in [-0.2, -0.15) is 0 Å². The van der Waals surface area contributed by atoms with Gasteiger partial charge in [0.15, 0.2) is 0 Å². The van der Waals surface area contributed by atoms with Gasteiger partial charge in [0, 0.05) is 0 Å². The van der Waals surface area contributed by atoms with Gasteiger partial charge in [-0.3, -0.25) is 9.69 Å². The summed E-state index contributed by atoms with van der Waals surface area (Å²) in [5, 5.41) is 0.483. The maximum absolute atomic E-state index is 12.3. The largest absolute Gasteiger partial charge is 0.462 e. The third-order valence-corrected chi connectivity index (χ3v) is 4.74. The van der Waals surface area contributed by atoms with Crippen LogP contribution in [0, 0.1) is 6.92 Å². The Morgan fingerprint density at radius 3 is 2.59 bits per heavy atom. The quantitative estimate of drug-likeness (QED) is 0.826. The van der Waals surface area contributed by atoms with Crippen molar-refractivity contribution in [3.05, 3.63) is 26.6 Å². The Hall–Kier alpha value is -1.73. The van der Waals surface area contributed by atoms with E-state index in [9.17, 15) is 9.59 Å². The predicted molar refractivity (Wildman–Crippen MR) is 87.6 cm³/mol. The average Bonchev–Trinajstić information content (AvgIpc) is 2.82. The molecule has 0 bridgehead atoms. The molecule has 0 radical (unpaired) electrons. The fraction of sp³-hybridized carbons (Fsp3) is 0.533. The summed E-state index contributed by atoms with van der Waals surface area (Å²) in [5.74, 6) is 0.227. The Morgan fingerprint density at radius 2 is 2.00 bits per heavy atom. The zero-order valence-electron chi connectivity index (χ0n) is 13.4. The van der Waals surface area contributed by atoms with Crippen LogP contribution in [0.5, 0.6) is 0 Å². The van der Waals surface area contributed by atoms with Crippen LogP contribution in [0.4, 0.5) is 0 Å². The summed E-state index contributed by atoms with van der Waals surface area (Å²) in [5.41, 5.74) is 0.443. The van der Waals surface area contributed by atoms with Crippen LogP contribution in [0.1, 0.15) is 41.8 Å². The number of H-pyrrole nitrogens is 1. The molecule has 1 N–H and O–H groups in total. The van der Waals surface area contributed by atoms with Crippen LogP contribution < -0.4 is 5.56 Å². The molecule has 0 amide bonds. The minimum Gasteiger partial charge on any atom is -0.462 e. The van der Waals surface area contributed by atoms with Gasteiger partial charge >= 0.3 is 5.97 Å². The molecule has 2 rings (SSSR count). The van der Waals surface area contributed by atoms with Gasteiger partial charge in [0.25, 0.3) is 5.56 Å². The highest BCUT2D eigenvalue weighted by molar-refractivity contribution is 7.20. The van der Waals surface area contributed by atoms with Crippen LogP contribution in [-0.4, -0.2) is 40.5 Å². The Kier molecular flexibility index (Phi) is 5.31. The molecular formula is C15H21N3O3S. The standard InChI is InChI=1S/C15H21N3O3S/c1-5-18(6-2)8-10-16-13(19)11-9(4)12(15(20)21-7-3)22-14(11)17-10/h5-8H2,1-4H3,(H,16,17,19). The molecule has 0 fully saturated rings. The lowest BCUT2D eigenvalue weighted by Gasteiger charge is -2.16. The van der Waals surface area contributed by atoms with Gasteiger partial charge in [-0.05, 0) is 32.5 Å². The molecule has 6 nitrogen and oxygen atoms in total. The SMILES string of the molecule is CCOC(=O)c1sc2nc(CN(CC)CC)[nH]c(=O)c2c1C. The number of carbonyl (C=O) groups excluding carboxylic acids is 1. The fourth-order valence-electron chi connectivity index (χ4n) is 2.31. The number of carbonyl (C=O) groups is 1. The van der Waals surface area contributed by atoms with Crippen LogP contribution in [-0.2, 0) is 11.3 Å². The van der Waals surface area contributed by atoms with E-state index < -0.39 is 5.97 Å². The number of aromatic amines is 1. The molecule has 2 heterocycles. The second-order valence-corrected chi connectivity index (χ2v) is 5.93. The van der Waals surface area contributed by atoms with Gasteiger partial charge in [-0.1, -0.05) is 13.8 Å². The lowest BCUT2D eigenvalue weighted by atomic mass is 10.2. The minimum absolute atomic E-state index is 0.198. The first-order chi connectivity index (χ1) is 10.5. The number of hydrogen-bond donors (Lipinski definition) is 1. The highest BCUT2D eigenvalue weighted by Crippen LogP contribution is 2.27. The lowest BCUT2D eigenvalue weighted by molar-refractivity contribution is 0.0531. The molecule has 2 aromatic heterocycles. The molecule has 7 heteroatoms. The molecule has 0 aliphatic carbocycles. The summed E-state index contributed by atoms with van der Waals surface area (Å²) >= 11 is 1.22. The van der Waals surface area contributed by atoms with Crippen LogP contribution in [0.3, 0.4) is 0 Å². The average molecular weight is 323 g/mol. The van der Waals surface area contributed by atoms with E-state index in [2.05, 4.69) is 28.7 Å². The van der Waals surface area contributed by atoms with Crippen molar-refractivity contribution in [2.75, 3.05) is 19.7 Å². The summed E-state index contributed by atoms with van der Waals surface area (Å²) in [6.07, 6.45) is 0. The van der Waals surface area contributed by atoms with Gasteiger partial charge in [0.1, 0.15) is 15.5 Å². The Morgan fingerprint density at radius 1 is 1.32 bits per heavy atom. The first-order valence-corrected chi connectivity index (χ1v) is 8.25. The summed E-state index contributed by atoms with van der Waals surface area (Å²) in [4.78, 5) is 34.8. The summed E-state index contributed by atoms with van der Waals surface area (Å²) < 4.78 is 5.03. The number of rotatable bonds is 6. The van der Waals surface area contributed by atoms with E-state index in [0.717, 1.165) is 13.1 Å². The zero-order chi connectivity index (χ0) is 16.3. The van der Waals surface area contributed by atoms with Gasteiger partial charge in [0.2, 0.25) is 0 Å². The normalized spacial score (nSPS) is 11.3. The van der Waals surface area contributed by atoms with Gasteiger partial charge in [-0.25, -0.2) is 9.78 Å². The van der Waals surface area contributed by atoms with E-state index in [4.69, 9.17) is 4.74 Å². The molecule has 2 aromatic rings. The molecule has 0 atom stereocenters. The molecule has 0 aromatic carbocycles. The number of ether oxygens (including phenoxy) is 1. The minimum atomic E-state index is -0.396. The van der Waals surface area contributed by atoms with Gasteiger partial charge < -0.3 is 9.72 Å². The second-order valence-electron chi connectivity index (χ2n) is 4.93. The number of nitrogens with one attached hydrogen (secondary N) is 1. The van der Waals surface area contributed by atoms with Crippen molar-refractivity contribution in [3.8, 4) is 0 Å². The number of aromatic nitrogens is 2. The highest BCUT2D eigenvalue weighted by atomic mass is 32.1. The molecule has 0 spiro atoms. The maximum Gasteiger partial charge on any atom is 0.348 e. The number of esters is 1. The molecule has 0 saturated carbocycles. The molecule has 120 valence electrons. The number of aryl methyl sites for hydroxylation is 1. The van der Waals surface area contributed by atoms with Crippen LogP contribution >= 0.6 is 11.3 Å². The van der Waals surface area contributed by atoms with E-state index in [0.29, 0.717) is 39.6 Å². The highest BCUT2D eigenvalue weighted by Gasteiger charge is 2.20. The molecular weight excluding hydrogens is 302 g/mol. The first kappa shape index (κ1) is 16.6. The lowest BCUT2D eigenvalue weighted by Crippen LogP contribution is -2.25. The number of hydrogen-bond acceptors (Lipinski definition) is 6. The van der Waals surface area contributed by atoms with E-state index in [-0.39, 0.29) is 5.56 Å². The summed E-state index contributed by atoms with van der Waals surface area (Å²) in [6, 6.07) is 0. The van der Waals surface area contributed by atoms with Crippen molar-refractivity contribution in [3.63, 3.8) is 0 Å². The second kappa shape index (κ2) is 7.02. The Labute approximate surface area is 133 Å². The Balaban J connectivity index is 2.47. The molecule has 0 unspecified atom stereocenters. The molecule has 0 aliphatic heterocycles. The molecule has 0 aliphatic rings. The molecule has 22 heavy (non-hydrogen) atoms. The summed E-state index contributed by atoms with van der Waals surface area (Å²) in [6.45, 7) is 10.3. The van der Waals surface area contributed by atoms with Crippen molar-refractivity contribution >= 4 is 27.5 Å². The van der Waals surface area contributed by atoms with Crippen molar-refractivity contribution in [1.29, 1.82) is 0 Å². The van der Waals surface area contributed by atoms with E-state index in [1.165, 1.54) is 11.3 Å². The first-order valence-electron chi connectivity index (χ1n) is 7.43. The van der Waals surface area contributed by atoms with Crippen LogP contribution in [0.2, 0.25) is 0 Å². The predicted octanol–water partition coefficient (Wildman–Crippen LogP) is 2.31. The van der Waals surface area contributed by atoms with Crippen molar-refractivity contribution in [1.82, 2.24) is 14.9 Å². The van der Waals surface area contributed by atoms with Crippen LogP contribution in [0.25, 0.3) is 10.2 Å². The van der Waals surface area contributed by atoms with E-state index in [1.54, 1.807) is 13.8 Å². The van der Waals surface area contributed by atoms with Crippen molar-refractivity contribution in [2.45, 2.75) is 34.2 Å². The van der Waals surface area contributed by atoms with Gasteiger partial charge in [0.05, 0.1) is 18.5 Å². The third-order valence-electron chi connectivity index (χ3n) is 3.58. The number of thiophene rings is 1. The third kappa shape index (κ3) is 3.20. The maximum atomic E-state index is 12.3. The smallest absolute Gasteiger partial charge is 0.348 e. The van der Waals surface area contributed by atoms with Gasteiger partial charge in [-0.15, -0.1) is 11.3 Å². The Bertz CT molecular complexity index is 731. The summed E-state index contributed by atoms with van der Waals surface area (Å²) in [7, 11) is 0. The fourth-order valence-corrected chi connectivity index (χ4v) is 3.41. The topological polar surface area (TPSA) is 75.3 Å². The van der Waals surface area contributed by atoms with Crippen LogP contribution in [0.15, 0.2) is 4.79 Å². The zero-order valence-corrected chi connectivity index (χ0v) is 14.2. The number of nitrogens with zero attached hydrogens (tertiary/aromatic N) is 2. The monoisotopic (exact) mass is 323 g/mol. The number of fused-ring (bicyclic) bond motifs is 1. The van der Waals surface area contributed by atoms with E-state index in [1.807, 2.05) is 0 Å². The van der Waals surface area contributed by atoms with Crippen molar-refractivity contribution < 1.29 is 9.53 Å². The molecule has 0 saturated heterocycles. The van der Waals surface area contributed by atoms with E-state index >= 15 is 0 Å².